The lowest BCUT2D eigenvalue weighted by Crippen LogP contribution is -2.02. The lowest BCUT2D eigenvalue weighted by atomic mass is 10.2. The molecule has 0 spiro atoms. The van der Waals surface area contributed by atoms with Gasteiger partial charge in [-0.3, -0.25) is 4.79 Å². The fraction of sp³-hybridized carbons (Fsp3) is 0.364. The SMILES string of the molecule is O=C1CC=CCC=CCC=CCO1. The summed E-state index contributed by atoms with van der Waals surface area (Å²) in [5.41, 5.74) is 0. The summed E-state index contributed by atoms with van der Waals surface area (Å²) in [6.07, 6.45) is 14.1. The van der Waals surface area contributed by atoms with Crippen molar-refractivity contribution in [1.82, 2.24) is 0 Å². The molecule has 0 saturated carbocycles. The second-order valence-corrected chi connectivity index (χ2v) is 2.77. The summed E-state index contributed by atoms with van der Waals surface area (Å²) in [7, 11) is 0. The molecule has 1 rings (SSSR count). The van der Waals surface area contributed by atoms with Crippen molar-refractivity contribution in [2.24, 2.45) is 0 Å². The van der Waals surface area contributed by atoms with Crippen LogP contribution in [0.5, 0.6) is 0 Å². The van der Waals surface area contributed by atoms with Crippen LogP contribution in [0.25, 0.3) is 0 Å². The van der Waals surface area contributed by atoms with Gasteiger partial charge < -0.3 is 4.74 Å². The summed E-state index contributed by atoms with van der Waals surface area (Å²) in [6.45, 7) is 0.389. The van der Waals surface area contributed by atoms with Gasteiger partial charge in [0, 0.05) is 0 Å². The molecule has 0 saturated heterocycles. The quantitative estimate of drug-likeness (QED) is 0.420. The fourth-order valence-electron chi connectivity index (χ4n) is 0.990. The van der Waals surface area contributed by atoms with Crippen LogP contribution in [0.3, 0.4) is 0 Å². The largest absolute Gasteiger partial charge is 0.461 e. The molecule has 1 aliphatic heterocycles. The minimum Gasteiger partial charge on any atom is -0.461 e. The van der Waals surface area contributed by atoms with E-state index in [0.717, 1.165) is 12.8 Å². The van der Waals surface area contributed by atoms with Gasteiger partial charge in [0.15, 0.2) is 0 Å². The standard InChI is InChI=1S/C11H14O2/c12-11-9-7-5-3-1-2-4-6-8-10-13-11/h1-2,5-8H,3-4,9-10H2. The van der Waals surface area contributed by atoms with E-state index < -0.39 is 0 Å². The van der Waals surface area contributed by atoms with Gasteiger partial charge >= 0.3 is 5.97 Å². The highest BCUT2D eigenvalue weighted by molar-refractivity contribution is 5.71. The average Bonchev–Trinajstić information content (AvgIpc) is 2.11. The first-order chi connectivity index (χ1) is 6.39. The van der Waals surface area contributed by atoms with Gasteiger partial charge in [-0.25, -0.2) is 0 Å². The van der Waals surface area contributed by atoms with E-state index in [2.05, 4.69) is 12.2 Å². The molecule has 0 fully saturated rings. The highest BCUT2D eigenvalue weighted by Gasteiger charge is 1.96. The first-order valence-electron chi connectivity index (χ1n) is 4.50. The van der Waals surface area contributed by atoms with Crippen molar-refractivity contribution in [1.29, 1.82) is 0 Å². The van der Waals surface area contributed by atoms with Crippen LogP contribution >= 0.6 is 0 Å². The minimum absolute atomic E-state index is 0.162. The Balaban J connectivity index is 2.45. The van der Waals surface area contributed by atoms with E-state index in [-0.39, 0.29) is 5.97 Å². The summed E-state index contributed by atoms with van der Waals surface area (Å²) in [5, 5.41) is 0. The van der Waals surface area contributed by atoms with E-state index in [1.165, 1.54) is 0 Å². The topological polar surface area (TPSA) is 26.3 Å². The number of allylic oxidation sites excluding steroid dienone is 4. The maximum absolute atomic E-state index is 11.0. The minimum atomic E-state index is -0.162. The lowest BCUT2D eigenvalue weighted by molar-refractivity contribution is -0.141. The first kappa shape index (κ1) is 9.78. The molecule has 0 radical (unpaired) electrons. The van der Waals surface area contributed by atoms with Crippen LogP contribution in [-0.2, 0) is 9.53 Å². The van der Waals surface area contributed by atoms with Crippen LogP contribution in [0.2, 0.25) is 0 Å². The molecule has 0 bridgehead atoms. The molecule has 70 valence electrons. The van der Waals surface area contributed by atoms with Gasteiger partial charge in [-0.1, -0.05) is 36.5 Å². The van der Waals surface area contributed by atoms with Crippen molar-refractivity contribution in [3.63, 3.8) is 0 Å². The smallest absolute Gasteiger partial charge is 0.309 e. The Morgan fingerprint density at radius 1 is 0.923 bits per heavy atom. The molecular weight excluding hydrogens is 164 g/mol. The highest BCUT2D eigenvalue weighted by atomic mass is 16.5. The van der Waals surface area contributed by atoms with Gasteiger partial charge in [-0.05, 0) is 12.8 Å². The summed E-state index contributed by atoms with van der Waals surface area (Å²) >= 11 is 0. The number of carbonyl (C=O) groups excluding carboxylic acids is 1. The van der Waals surface area contributed by atoms with Crippen LogP contribution in [0.1, 0.15) is 19.3 Å². The number of cyclic esters (lactones) is 1. The summed E-state index contributed by atoms with van der Waals surface area (Å²) < 4.78 is 4.91. The first-order valence-corrected chi connectivity index (χ1v) is 4.50. The third-order valence-corrected chi connectivity index (χ3v) is 1.67. The molecule has 0 aliphatic carbocycles. The molecule has 0 N–H and O–H groups in total. The second kappa shape index (κ2) is 6.23. The molecule has 0 aromatic rings. The maximum Gasteiger partial charge on any atom is 0.309 e. The van der Waals surface area contributed by atoms with Crippen LogP contribution in [0.15, 0.2) is 36.5 Å². The van der Waals surface area contributed by atoms with Crippen molar-refractivity contribution < 1.29 is 9.53 Å². The molecule has 0 aromatic heterocycles. The molecule has 0 unspecified atom stereocenters. The molecule has 2 nitrogen and oxygen atoms in total. The molecule has 0 atom stereocenters. The van der Waals surface area contributed by atoms with Gasteiger partial charge in [0.2, 0.25) is 0 Å². The second-order valence-electron chi connectivity index (χ2n) is 2.77. The Kier molecular flexibility index (Phi) is 4.69. The van der Waals surface area contributed by atoms with Crippen molar-refractivity contribution in [2.45, 2.75) is 19.3 Å². The normalized spacial score (nSPS) is 18.9. The molecule has 0 aromatic carbocycles. The number of carbonyl (C=O) groups is 1. The van der Waals surface area contributed by atoms with Gasteiger partial charge in [0.25, 0.3) is 0 Å². The third-order valence-electron chi connectivity index (χ3n) is 1.67. The predicted molar refractivity (Wildman–Crippen MR) is 52.2 cm³/mol. The number of hydrogen-bond donors (Lipinski definition) is 0. The molecule has 0 amide bonds. The van der Waals surface area contributed by atoms with Crippen molar-refractivity contribution in [2.75, 3.05) is 6.61 Å². The van der Waals surface area contributed by atoms with E-state index in [0.29, 0.717) is 13.0 Å². The van der Waals surface area contributed by atoms with E-state index in [1.54, 1.807) is 0 Å². The Morgan fingerprint density at radius 3 is 2.31 bits per heavy atom. The molecule has 2 heteroatoms. The van der Waals surface area contributed by atoms with E-state index in [1.807, 2.05) is 24.3 Å². The average molecular weight is 178 g/mol. The third kappa shape index (κ3) is 5.01. The zero-order valence-corrected chi connectivity index (χ0v) is 7.61. The Hall–Kier alpha value is -1.31. The molecular formula is C11H14O2. The van der Waals surface area contributed by atoms with Gasteiger partial charge in [0.05, 0.1) is 6.42 Å². The zero-order valence-electron chi connectivity index (χ0n) is 7.61. The Bertz CT molecular complexity index is 236. The summed E-state index contributed by atoms with van der Waals surface area (Å²) in [4.78, 5) is 11.0. The number of hydrogen-bond acceptors (Lipinski definition) is 2. The summed E-state index contributed by atoms with van der Waals surface area (Å²) in [5.74, 6) is -0.162. The Labute approximate surface area is 78.6 Å². The van der Waals surface area contributed by atoms with E-state index in [9.17, 15) is 4.79 Å². The monoisotopic (exact) mass is 178 g/mol. The van der Waals surface area contributed by atoms with E-state index >= 15 is 0 Å². The van der Waals surface area contributed by atoms with Crippen molar-refractivity contribution in [3.05, 3.63) is 36.5 Å². The van der Waals surface area contributed by atoms with Crippen LogP contribution < -0.4 is 0 Å². The van der Waals surface area contributed by atoms with E-state index in [4.69, 9.17) is 4.74 Å². The molecule has 1 aliphatic rings. The van der Waals surface area contributed by atoms with Crippen LogP contribution in [0, 0.1) is 0 Å². The zero-order chi connectivity index (χ0) is 9.36. The summed E-state index contributed by atoms with van der Waals surface area (Å²) in [6, 6.07) is 0. The van der Waals surface area contributed by atoms with Crippen molar-refractivity contribution >= 4 is 5.97 Å². The maximum atomic E-state index is 11.0. The Morgan fingerprint density at radius 2 is 1.54 bits per heavy atom. The number of esters is 1. The van der Waals surface area contributed by atoms with Crippen LogP contribution in [-0.4, -0.2) is 12.6 Å². The predicted octanol–water partition coefficient (Wildman–Crippen LogP) is 2.38. The fourth-order valence-corrected chi connectivity index (χ4v) is 0.990. The van der Waals surface area contributed by atoms with Gasteiger partial charge in [-0.15, -0.1) is 0 Å². The van der Waals surface area contributed by atoms with Gasteiger partial charge in [0.1, 0.15) is 6.61 Å². The highest BCUT2D eigenvalue weighted by Crippen LogP contribution is 1.96. The molecule has 13 heavy (non-hydrogen) atoms. The van der Waals surface area contributed by atoms with Gasteiger partial charge in [-0.2, -0.15) is 0 Å². The number of ether oxygens (including phenoxy) is 1. The van der Waals surface area contributed by atoms with Crippen molar-refractivity contribution in [3.8, 4) is 0 Å². The lowest BCUT2D eigenvalue weighted by Gasteiger charge is -1.98. The molecule has 1 heterocycles. The number of rotatable bonds is 0. The van der Waals surface area contributed by atoms with Crippen LogP contribution in [0.4, 0.5) is 0 Å².